The molecule has 9 nitrogen and oxygen atoms in total. The predicted molar refractivity (Wildman–Crippen MR) is 109 cm³/mol. The lowest BCUT2D eigenvalue weighted by molar-refractivity contribution is -0.148. The van der Waals surface area contributed by atoms with Crippen LogP contribution in [0.15, 0.2) is 17.0 Å². The van der Waals surface area contributed by atoms with E-state index in [1.807, 2.05) is 6.26 Å². The van der Waals surface area contributed by atoms with Crippen molar-refractivity contribution >= 4 is 29.7 Å². The molecule has 1 aromatic rings. The zero-order valence-electron chi connectivity index (χ0n) is 17.6. The van der Waals surface area contributed by atoms with Crippen molar-refractivity contribution in [3.05, 3.63) is 23.5 Å². The Morgan fingerprint density at radius 2 is 1.93 bits per heavy atom. The molecule has 29 heavy (non-hydrogen) atoms. The van der Waals surface area contributed by atoms with E-state index in [1.54, 1.807) is 39.8 Å². The zero-order valence-corrected chi connectivity index (χ0v) is 18.4. The molecule has 2 unspecified atom stereocenters. The Morgan fingerprint density at radius 3 is 2.45 bits per heavy atom. The molecule has 0 saturated heterocycles. The molecular weight excluding hydrogens is 398 g/mol. The second-order valence-electron chi connectivity index (χ2n) is 7.18. The molecule has 1 aromatic heterocycles. The minimum atomic E-state index is -1.22. The van der Waals surface area contributed by atoms with Gasteiger partial charge in [0, 0.05) is 4.90 Å². The third-order valence-corrected chi connectivity index (χ3v) is 4.15. The van der Waals surface area contributed by atoms with Gasteiger partial charge in [0.15, 0.2) is 6.04 Å². The molecule has 2 amide bonds. The number of carbonyl (C=O) groups excluding carboxylic acids is 3. The van der Waals surface area contributed by atoms with Gasteiger partial charge in [0.05, 0.1) is 24.9 Å². The average Bonchev–Trinajstić information content (AvgIpc) is 2.62. The smallest absolute Gasteiger partial charge is 0.407 e. The van der Waals surface area contributed by atoms with Gasteiger partial charge < -0.3 is 25.2 Å². The summed E-state index contributed by atoms with van der Waals surface area (Å²) in [7, 11) is 0. The quantitative estimate of drug-likeness (QED) is 0.424. The van der Waals surface area contributed by atoms with Crippen molar-refractivity contribution in [2.24, 2.45) is 0 Å². The SMILES string of the molecule is CCOC(=O)C(NC(=O)c1cc(SC)cc(CNC(=O)OC(C)(C)C)n1)C(C)O. The van der Waals surface area contributed by atoms with Gasteiger partial charge in [-0.15, -0.1) is 11.8 Å². The summed E-state index contributed by atoms with van der Waals surface area (Å²) < 4.78 is 10.1. The van der Waals surface area contributed by atoms with E-state index >= 15 is 0 Å². The fourth-order valence-electron chi connectivity index (χ4n) is 2.19. The maximum atomic E-state index is 12.6. The summed E-state index contributed by atoms with van der Waals surface area (Å²) in [5.74, 6) is -1.37. The number of aliphatic hydroxyl groups is 1. The maximum Gasteiger partial charge on any atom is 0.407 e. The highest BCUT2D eigenvalue weighted by Gasteiger charge is 2.28. The summed E-state index contributed by atoms with van der Waals surface area (Å²) in [6.45, 7) is 8.45. The molecule has 0 aliphatic rings. The summed E-state index contributed by atoms with van der Waals surface area (Å²) in [6.07, 6.45) is 0.0886. The van der Waals surface area contributed by atoms with Gasteiger partial charge in [-0.1, -0.05) is 0 Å². The number of thioether (sulfide) groups is 1. The van der Waals surface area contributed by atoms with Crippen molar-refractivity contribution < 1.29 is 29.0 Å². The molecule has 2 atom stereocenters. The van der Waals surface area contributed by atoms with Gasteiger partial charge in [0.1, 0.15) is 11.3 Å². The van der Waals surface area contributed by atoms with Gasteiger partial charge >= 0.3 is 12.1 Å². The van der Waals surface area contributed by atoms with Crippen molar-refractivity contribution in [2.75, 3.05) is 12.9 Å². The molecule has 0 aromatic carbocycles. The van der Waals surface area contributed by atoms with Crippen LogP contribution < -0.4 is 10.6 Å². The highest BCUT2D eigenvalue weighted by Crippen LogP contribution is 2.17. The van der Waals surface area contributed by atoms with E-state index in [4.69, 9.17) is 9.47 Å². The lowest BCUT2D eigenvalue weighted by Gasteiger charge is -2.20. The molecule has 0 bridgehead atoms. The third kappa shape index (κ3) is 8.70. The van der Waals surface area contributed by atoms with E-state index in [-0.39, 0.29) is 18.8 Å². The van der Waals surface area contributed by atoms with E-state index in [1.165, 1.54) is 18.7 Å². The van der Waals surface area contributed by atoms with Gasteiger partial charge in [0.25, 0.3) is 5.91 Å². The molecule has 3 N–H and O–H groups in total. The van der Waals surface area contributed by atoms with Gasteiger partial charge in [-0.3, -0.25) is 4.79 Å². The molecule has 1 rings (SSSR count). The number of amides is 2. The van der Waals surface area contributed by atoms with Crippen LogP contribution in [0.5, 0.6) is 0 Å². The molecule has 0 aliphatic carbocycles. The molecule has 0 radical (unpaired) electrons. The van der Waals surface area contributed by atoms with Gasteiger partial charge in [-0.2, -0.15) is 0 Å². The number of aromatic nitrogens is 1. The van der Waals surface area contributed by atoms with Crippen LogP contribution in [-0.2, 0) is 20.8 Å². The predicted octanol–water partition coefficient (Wildman–Crippen LogP) is 1.87. The number of nitrogens with one attached hydrogen (secondary N) is 2. The van der Waals surface area contributed by atoms with Crippen LogP contribution in [0.3, 0.4) is 0 Å². The fourth-order valence-corrected chi connectivity index (χ4v) is 2.67. The van der Waals surface area contributed by atoms with Gasteiger partial charge in [-0.25, -0.2) is 14.6 Å². The van der Waals surface area contributed by atoms with Crippen LogP contribution in [-0.4, -0.2) is 58.7 Å². The Hall–Kier alpha value is -2.33. The van der Waals surface area contributed by atoms with Crippen LogP contribution >= 0.6 is 11.8 Å². The van der Waals surface area contributed by atoms with Crippen molar-refractivity contribution in [1.82, 2.24) is 15.6 Å². The summed E-state index contributed by atoms with van der Waals surface area (Å²) >= 11 is 1.39. The van der Waals surface area contributed by atoms with Gasteiger partial charge in [-0.05, 0) is 53.0 Å². The number of pyridine rings is 1. The number of esters is 1. The number of nitrogens with zero attached hydrogens (tertiary/aromatic N) is 1. The van der Waals surface area contributed by atoms with Crippen molar-refractivity contribution in [3.8, 4) is 0 Å². The maximum absolute atomic E-state index is 12.6. The van der Waals surface area contributed by atoms with Gasteiger partial charge in [0.2, 0.25) is 0 Å². The molecule has 0 saturated carbocycles. The average molecular weight is 428 g/mol. The Balaban J connectivity index is 2.95. The van der Waals surface area contributed by atoms with Crippen LogP contribution in [0.2, 0.25) is 0 Å². The number of aliphatic hydroxyl groups excluding tert-OH is 1. The third-order valence-electron chi connectivity index (χ3n) is 3.44. The zero-order chi connectivity index (χ0) is 22.2. The fraction of sp³-hybridized carbons (Fsp3) is 0.579. The molecule has 10 heteroatoms. The number of alkyl carbamates (subject to hydrolysis) is 1. The normalized spacial score (nSPS) is 13.2. The van der Waals surface area contributed by atoms with Crippen LogP contribution in [0, 0.1) is 0 Å². The molecule has 0 spiro atoms. The monoisotopic (exact) mass is 427 g/mol. The molecule has 0 fully saturated rings. The second-order valence-corrected chi connectivity index (χ2v) is 8.06. The standard InChI is InChI=1S/C19H29N3O6S/c1-7-27-17(25)15(11(2)23)22-16(24)14-9-13(29-6)8-12(21-14)10-20-18(26)28-19(3,4)5/h8-9,11,15,23H,7,10H2,1-6H3,(H,20,26)(H,22,24). The molecule has 1 heterocycles. The lowest BCUT2D eigenvalue weighted by atomic mass is 10.1. The number of hydrogen-bond donors (Lipinski definition) is 3. The van der Waals surface area contributed by atoms with E-state index in [0.29, 0.717) is 5.69 Å². The first-order valence-electron chi connectivity index (χ1n) is 9.14. The summed E-state index contributed by atoms with van der Waals surface area (Å²) in [4.78, 5) is 41.4. The first kappa shape index (κ1) is 24.7. The van der Waals surface area contributed by atoms with E-state index in [9.17, 15) is 19.5 Å². The molecular formula is C19H29N3O6S. The second kappa shape index (κ2) is 11.0. The first-order valence-corrected chi connectivity index (χ1v) is 10.4. The number of rotatable bonds is 8. The minimum absolute atomic E-state index is 0.0489. The highest BCUT2D eigenvalue weighted by atomic mass is 32.2. The Labute approximate surface area is 174 Å². The topological polar surface area (TPSA) is 127 Å². The Kier molecular flexibility index (Phi) is 9.38. The number of ether oxygens (including phenoxy) is 2. The highest BCUT2D eigenvalue weighted by molar-refractivity contribution is 7.98. The summed E-state index contributed by atoms with van der Waals surface area (Å²) in [5.41, 5.74) is -0.141. The van der Waals surface area contributed by atoms with E-state index < -0.39 is 35.7 Å². The summed E-state index contributed by atoms with van der Waals surface area (Å²) in [6, 6.07) is 2.07. The molecule has 0 aliphatic heterocycles. The van der Waals surface area contributed by atoms with Crippen molar-refractivity contribution in [3.63, 3.8) is 0 Å². The van der Waals surface area contributed by atoms with Crippen LogP contribution in [0.4, 0.5) is 4.79 Å². The van der Waals surface area contributed by atoms with E-state index in [0.717, 1.165) is 4.90 Å². The van der Waals surface area contributed by atoms with Crippen LogP contribution in [0.25, 0.3) is 0 Å². The largest absolute Gasteiger partial charge is 0.464 e. The number of carbonyl (C=O) groups is 3. The van der Waals surface area contributed by atoms with Crippen molar-refractivity contribution in [2.45, 2.75) is 63.8 Å². The lowest BCUT2D eigenvalue weighted by Crippen LogP contribution is -2.48. The minimum Gasteiger partial charge on any atom is -0.464 e. The van der Waals surface area contributed by atoms with Crippen molar-refractivity contribution in [1.29, 1.82) is 0 Å². The first-order chi connectivity index (χ1) is 13.5. The molecule has 162 valence electrons. The Bertz CT molecular complexity index is 733. The summed E-state index contributed by atoms with van der Waals surface area (Å²) in [5, 5.41) is 14.8. The van der Waals surface area contributed by atoms with Crippen LogP contribution in [0.1, 0.15) is 50.8 Å². The Morgan fingerprint density at radius 1 is 1.28 bits per heavy atom. The van der Waals surface area contributed by atoms with E-state index in [2.05, 4.69) is 15.6 Å². The number of hydrogen-bond acceptors (Lipinski definition) is 8.